The molecule has 0 aliphatic rings. The van der Waals surface area contributed by atoms with Crippen LogP contribution in [0.2, 0.25) is 10.0 Å². The van der Waals surface area contributed by atoms with Crippen molar-refractivity contribution < 1.29 is 9.84 Å². The van der Waals surface area contributed by atoms with Gasteiger partial charge in [0.25, 0.3) is 0 Å². The van der Waals surface area contributed by atoms with Gasteiger partial charge in [-0.05, 0) is 26.0 Å². The summed E-state index contributed by atoms with van der Waals surface area (Å²) in [5, 5.41) is 13.7. The maximum absolute atomic E-state index is 9.73. The van der Waals surface area contributed by atoms with Crippen molar-refractivity contribution in [2.45, 2.75) is 26.5 Å². The van der Waals surface area contributed by atoms with Crippen LogP contribution in [0.4, 0.5) is 0 Å². The van der Waals surface area contributed by atoms with Gasteiger partial charge in [0.1, 0.15) is 5.75 Å². The molecule has 1 rings (SSSR count). The van der Waals surface area contributed by atoms with Crippen LogP contribution >= 0.6 is 23.2 Å². The summed E-state index contributed by atoms with van der Waals surface area (Å²) in [6.45, 7) is 5.85. The largest absolute Gasteiger partial charge is 0.506 e. The van der Waals surface area contributed by atoms with E-state index >= 15 is 0 Å². The van der Waals surface area contributed by atoms with Gasteiger partial charge in [0.2, 0.25) is 0 Å². The first-order chi connectivity index (χ1) is 8.04. The number of nitrogens with one attached hydrogen (secondary N) is 1. The molecule has 0 aromatic heterocycles. The van der Waals surface area contributed by atoms with Gasteiger partial charge in [-0.1, -0.05) is 23.2 Å². The Morgan fingerprint density at radius 1 is 1.41 bits per heavy atom. The number of ether oxygens (including phenoxy) is 1. The highest BCUT2D eigenvalue weighted by molar-refractivity contribution is 6.35. The maximum Gasteiger partial charge on any atom is 0.138 e. The lowest BCUT2D eigenvalue weighted by molar-refractivity contribution is 0.0759. The fraction of sp³-hybridized carbons (Fsp3) is 0.500. The van der Waals surface area contributed by atoms with Gasteiger partial charge in [0.05, 0.1) is 11.1 Å². The minimum Gasteiger partial charge on any atom is -0.506 e. The topological polar surface area (TPSA) is 41.5 Å². The van der Waals surface area contributed by atoms with Crippen LogP contribution in [0.3, 0.4) is 0 Å². The molecule has 1 aromatic rings. The fourth-order valence-corrected chi connectivity index (χ4v) is 2.04. The van der Waals surface area contributed by atoms with Crippen molar-refractivity contribution in [2.24, 2.45) is 0 Å². The lowest BCUT2D eigenvalue weighted by Gasteiger charge is -2.13. The Balaban J connectivity index is 2.52. The lowest BCUT2D eigenvalue weighted by atomic mass is 10.2. The average molecular weight is 278 g/mol. The Bertz CT molecular complexity index is 372. The van der Waals surface area contributed by atoms with E-state index in [0.717, 1.165) is 0 Å². The van der Waals surface area contributed by atoms with Crippen molar-refractivity contribution in [2.75, 3.05) is 13.2 Å². The van der Waals surface area contributed by atoms with E-state index in [1.54, 1.807) is 6.07 Å². The standard InChI is InChI=1S/C12H17Cl2NO2/c1-3-17-8(2)6-15-7-9-4-10(13)5-11(14)12(9)16/h4-5,8,15-16H,3,6-7H2,1-2H3. The highest BCUT2D eigenvalue weighted by Gasteiger charge is 2.08. The Kier molecular flexibility index (Phi) is 6.06. The molecule has 1 unspecified atom stereocenters. The first-order valence-electron chi connectivity index (χ1n) is 5.53. The van der Waals surface area contributed by atoms with E-state index in [2.05, 4.69) is 5.32 Å². The highest BCUT2D eigenvalue weighted by Crippen LogP contribution is 2.30. The number of phenols is 1. The van der Waals surface area contributed by atoms with Crippen molar-refractivity contribution in [1.29, 1.82) is 0 Å². The predicted octanol–water partition coefficient (Wildman–Crippen LogP) is 3.21. The van der Waals surface area contributed by atoms with Gasteiger partial charge < -0.3 is 15.2 Å². The Hall–Kier alpha value is -0.480. The molecular formula is C12H17Cl2NO2. The molecule has 2 N–H and O–H groups in total. The van der Waals surface area contributed by atoms with E-state index < -0.39 is 0 Å². The molecule has 96 valence electrons. The van der Waals surface area contributed by atoms with E-state index in [9.17, 15) is 5.11 Å². The Labute approximate surface area is 112 Å². The zero-order valence-corrected chi connectivity index (χ0v) is 11.5. The maximum atomic E-state index is 9.73. The van der Waals surface area contributed by atoms with Crippen LogP contribution in [-0.2, 0) is 11.3 Å². The quantitative estimate of drug-likeness (QED) is 0.839. The third-order valence-corrected chi connectivity index (χ3v) is 2.81. The third-order valence-electron chi connectivity index (χ3n) is 2.31. The number of hydrogen-bond donors (Lipinski definition) is 2. The van der Waals surface area contributed by atoms with Crippen molar-refractivity contribution in [1.82, 2.24) is 5.32 Å². The number of phenolic OH excluding ortho intramolecular Hbond substituents is 1. The number of rotatable bonds is 6. The summed E-state index contributed by atoms with van der Waals surface area (Å²) in [6, 6.07) is 3.21. The number of benzene rings is 1. The summed E-state index contributed by atoms with van der Waals surface area (Å²) < 4.78 is 5.38. The number of aromatic hydroxyl groups is 1. The zero-order chi connectivity index (χ0) is 12.8. The molecule has 0 fully saturated rings. The third kappa shape index (κ3) is 4.72. The van der Waals surface area contributed by atoms with Gasteiger partial charge in [-0.25, -0.2) is 0 Å². The molecule has 0 aliphatic carbocycles. The van der Waals surface area contributed by atoms with Gasteiger partial charge in [0.15, 0.2) is 0 Å². The zero-order valence-electron chi connectivity index (χ0n) is 9.96. The molecule has 17 heavy (non-hydrogen) atoms. The van der Waals surface area contributed by atoms with Gasteiger partial charge in [0, 0.05) is 30.3 Å². The van der Waals surface area contributed by atoms with Crippen LogP contribution in [0.25, 0.3) is 0 Å². The number of hydrogen-bond acceptors (Lipinski definition) is 3. The molecule has 0 bridgehead atoms. The van der Waals surface area contributed by atoms with Gasteiger partial charge >= 0.3 is 0 Å². The molecule has 0 aliphatic heterocycles. The van der Waals surface area contributed by atoms with Crippen LogP contribution in [0, 0.1) is 0 Å². The van der Waals surface area contributed by atoms with Crippen molar-refractivity contribution >= 4 is 23.2 Å². The lowest BCUT2D eigenvalue weighted by Crippen LogP contribution is -2.26. The van der Waals surface area contributed by atoms with Gasteiger partial charge in [-0.2, -0.15) is 0 Å². The first-order valence-corrected chi connectivity index (χ1v) is 6.29. The van der Waals surface area contributed by atoms with E-state index in [1.807, 2.05) is 13.8 Å². The molecule has 0 saturated heterocycles. The monoisotopic (exact) mass is 277 g/mol. The SMILES string of the molecule is CCOC(C)CNCc1cc(Cl)cc(Cl)c1O. The highest BCUT2D eigenvalue weighted by atomic mass is 35.5. The summed E-state index contributed by atoms with van der Waals surface area (Å²) in [5.74, 6) is 0.0765. The van der Waals surface area contributed by atoms with Crippen molar-refractivity contribution in [3.05, 3.63) is 27.7 Å². The molecule has 0 saturated carbocycles. The fourth-order valence-electron chi connectivity index (χ4n) is 1.51. The summed E-state index contributed by atoms with van der Waals surface area (Å²) in [4.78, 5) is 0. The van der Waals surface area contributed by atoms with Crippen LogP contribution in [0.15, 0.2) is 12.1 Å². The predicted molar refractivity (Wildman–Crippen MR) is 70.9 cm³/mol. The second-order valence-corrected chi connectivity index (χ2v) is 4.64. The van der Waals surface area contributed by atoms with Crippen LogP contribution in [0.1, 0.15) is 19.4 Å². The molecule has 1 aromatic carbocycles. The van der Waals surface area contributed by atoms with Crippen molar-refractivity contribution in [3.8, 4) is 5.75 Å². The summed E-state index contributed by atoms with van der Waals surface area (Å²) in [5.41, 5.74) is 0.686. The van der Waals surface area contributed by atoms with Crippen LogP contribution in [-0.4, -0.2) is 24.4 Å². The molecular weight excluding hydrogens is 261 g/mol. The molecule has 0 spiro atoms. The Morgan fingerprint density at radius 2 is 2.12 bits per heavy atom. The summed E-state index contributed by atoms with van der Waals surface area (Å²) in [6.07, 6.45) is 0.136. The van der Waals surface area contributed by atoms with Crippen molar-refractivity contribution in [3.63, 3.8) is 0 Å². The van der Waals surface area contributed by atoms with Crippen LogP contribution < -0.4 is 5.32 Å². The smallest absolute Gasteiger partial charge is 0.138 e. The first kappa shape index (κ1) is 14.6. The van der Waals surface area contributed by atoms with Crippen LogP contribution in [0.5, 0.6) is 5.75 Å². The molecule has 3 nitrogen and oxygen atoms in total. The second-order valence-electron chi connectivity index (χ2n) is 3.79. The molecule has 0 radical (unpaired) electrons. The van der Waals surface area contributed by atoms with Gasteiger partial charge in [-0.3, -0.25) is 0 Å². The van der Waals surface area contributed by atoms with E-state index in [-0.39, 0.29) is 16.9 Å². The van der Waals surface area contributed by atoms with E-state index in [1.165, 1.54) is 6.07 Å². The minimum atomic E-state index is 0.0765. The molecule has 5 heteroatoms. The Morgan fingerprint density at radius 3 is 2.76 bits per heavy atom. The summed E-state index contributed by atoms with van der Waals surface area (Å²) >= 11 is 11.7. The average Bonchev–Trinajstić information content (AvgIpc) is 2.25. The van der Waals surface area contributed by atoms with E-state index in [0.29, 0.717) is 30.3 Å². The normalized spacial score (nSPS) is 12.7. The summed E-state index contributed by atoms with van der Waals surface area (Å²) in [7, 11) is 0. The minimum absolute atomic E-state index is 0.0765. The molecule has 0 amide bonds. The van der Waals surface area contributed by atoms with Gasteiger partial charge in [-0.15, -0.1) is 0 Å². The molecule has 0 heterocycles. The molecule has 1 atom stereocenters. The second kappa shape index (κ2) is 7.07. The number of halogens is 2. The van der Waals surface area contributed by atoms with E-state index in [4.69, 9.17) is 27.9 Å².